The lowest BCUT2D eigenvalue weighted by molar-refractivity contribution is -0.122. The molecule has 4 heteroatoms. The minimum atomic E-state index is -0.305. The predicted molar refractivity (Wildman–Crippen MR) is 75.5 cm³/mol. The Bertz CT molecular complexity index is 395. The Morgan fingerprint density at radius 1 is 1.39 bits per heavy atom. The van der Waals surface area contributed by atoms with E-state index >= 15 is 0 Å². The Morgan fingerprint density at radius 2 is 1.94 bits per heavy atom. The number of halogens is 1. The van der Waals surface area contributed by atoms with E-state index in [0.29, 0.717) is 17.9 Å². The van der Waals surface area contributed by atoms with Gasteiger partial charge in [-0.05, 0) is 44.9 Å². The third-order valence-electron chi connectivity index (χ3n) is 2.74. The van der Waals surface area contributed by atoms with Crippen molar-refractivity contribution in [2.75, 3.05) is 0 Å². The lowest BCUT2D eigenvalue weighted by Gasteiger charge is -2.19. The predicted octanol–water partition coefficient (Wildman–Crippen LogP) is 3.03. The highest BCUT2D eigenvalue weighted by Crippen LogP contribution is 2.16. The van der Waals surface area contributed by atoms with E-state index in [1.54, 1.807) is 0 Å². The first-order chi connectivity index (χ1) is 8.28. The second-order valence-corrected chi connectivity index (χ2v) is 5.77. The number of rotatable bonds is 5. The van der Waals surface area contributed by atoms with Gasteiger partial charge in [-0.15, -0.1) is 0 Å². The molecule has 0 fully saturated rings. The van der Waals surface area contributed by atoms with Crippen LogP contribution in [0.3, 0.4) is 0 Å². The summed E-state index contributed by atoms with van der Waals surface area (Å²) in [4.78, 5) is 11.7. The number of carbonyl (C=O) groups is 1. The van der Waals surface area contributed by atoms with E-state index in [2.05, 4.69) is 5.32 Å². The zero-order valence-corrected chi connectivity index (χ0v) is 11.9. The maximum absolute atomic E-state index is 11.7. The number of carbonyl (C=O) groups excluding carboxylic acids is 1. The number of amides is 1. The van der Waals surface area contributed by atoms with E-state index < -0.39 is 0 Å². The molecule has 0 aromatic heterocycles. The van der Waals surface area contributed by atoms with Crippen molar-refractivity contribution in [1.82, 2.24) is 5.32 Å². The Labute approximate surface area is 114 Å². The van der Waals surface area contributed by atoms with Gasteiger partial charge in [0.05, 0.1) is 6.04 Å². The molecule has 0 bridgehead atoms. The van der Waals surface area contributed by atoms with Gasteiger partial charge in [-0.3, -0.25) is 4.79 Å². The molecule has 0 unspecified atom stereocenters. The highest BCUT2D eigenvalue weighted by Gasteiger charge is 2.15. The molecule has 1 atom stereocenters. The molecule has 0 aliphatic carbocycles. The zero-order valence-electron chi connectivity index (χ0n) is 11.2. The highest BCUT2D eigenvalue weighted by atomic mass is 35.5. The summed E-state index contributed by atoms with van der Waals surface area (Å²) in [5.41, 5.74) is 6.58. The quantitative estimate of drug-likeness (QED) is 0.862. The van der Waals surface area contributed by atoms with Crippen molar-refractivity contribution < 1.29 is 4.79 Å². The largest absolute Gasteiger partial charge is 0.350 e. The minimum absolute atomic E-state index is 0.0179. The van der Waals surface area contributed by atoms with Crippen LogP contribution in [-0.4, -0.2) is 11.4 Å². The molecule has 0 aliphatic rings. The van der Waals surface area contributed by atoms with Crippen LogP contribution < -0.4 is 11.1 Å². The second-order valence-electron chi connectivity index (χ2n) is 5.33. The van der Waals surface area contributed by atoms with Gasteiger partial charge in [0.15, 0.2) is 0 Å². The molecule has 3 nitrogen and oxygen atoms in total. The zero-order chi connectivity index (χ0) is 13.8. The van der Waals surface area contributed by atoms with E-state index in [-0.39, 0.29) is 17.5 Å². The lowest BCUT2D eigenvalue weighted by Crippen LogP contribution is -2.35. The Hall–Kier alpha value is -1.06. The average Bonchev–Trinajstić information content (AvgIpc) is 2.26. The molecule has 1 aromatic carbocycles. The van der Waals surface area contributed by atoms with E-state index in [4.69, 9.17) is 17.3 Å². The first-order valence-corrected chi connectivity index (χ1v) is 6.49. The van der Waals surface area contributed by atoms with Crippen molar-refractivity contribution in [2.24, 2.45) is 5.73 Å². The SMILES string of the molecule is C[C@H](NC(=O)CCC(C)(C)N)c1ccc(Cl)cc1. The molecular weight excluding hydrogens is 248 g/mol. The van der Waals surface area contributed by atoms with Crippen LogP contribution in [0.25, 0.3) is 0 Å². The van der Waals surface area contributed by atoms with Crippen LogP contribution in [0.5, 0.6) is 0 Å². The summed E-state index contributed by atoms with van der Waals surface area (Å²) in [6, 6.07) is 7.46. The van der Waals surface area contributed by atoms with Gasteiger partial charge < -0.3 is 11.1 Å². The Balaban J connectivity index is 2.47. The van der Waals surface area contributed by atoms with Gasteiger partial charge in [-0.2, -0.15) is 0 Å². The van der Waals surface area contributed by atoms with Gasteiger partial charge in [-0.1, -0.05) is 23.7 Å². The maximum atomic E-state index is 11.7. The van der Waals surface area contributed by atoms with Crippen LogP contribution in [0.1, 0.15) is 45.2 Å². The molecule has 18 heavy (non-hydrogen) atoms. The van der Waals surface area contributed by atoms with Crippen molar-refractivity contribution in [2.45, 2.75) is 45.2 Å². The summed E-state index contributed by atoms with van der Waals surface area (Å²) < 4.78 is 0. The topological polar surface area (TPSA) is 55.1 Å². The van der Waals surface area contributed by atoms with E-state index in [1.807, 2.05) is 45.0 Å². The van der Waals surface area contributed by atoms with Gasteiger partial charge in [0.1, 0.15) is 0 Å². The van der Waals surface area contributed by atoms with Crippen LogP contribution in [0.15, 0.2) is 24.3 Å². The molecular formula is C14H21ClN2O. The Kier molecular flexibility index (Phi) is 5.17. The summed E-state index contributed by atoms with van der Waals surface area (Å²) >= 11 is 5.82. The van der Waals surface area contributed by atoms with Gasteiger partial charge in [0.25, 0.3) is 0 Å². The van der Waals surface area contributed by atoms with Crippen LogP contribution in [-0.2, 0) is 4.79 Å². The van der Waals surface area contributed by atoms with E-state index in [0.717, 1.165) is 5.56 Å². The van der Waals surface area contributed by atoms with E-state index in [9.17, 15) is 4.79 Å². The molecule has 0 aliphatic heterocycles. The Morgan fingerprint density at radius 3 is 2.44 bits per heavy atom. The van der Waals surface area contributed by atoms with Crippen LogP contribution in [0, 0.1) is 0 Å². The average molecular weight is 269 g/mol. The molecule has 0 saturated heterocycles. The van der Waals surface area contributed by atoms with Crippen molar-refractivity contribution in [3.05, 3.63) is 34.9 Å². The number of hydrogen-bond acceptors (Lipinski definition) is 2. The van der Waals surface area contributed by atoms with Crippen LogP contribution in [0.2, 0.25) is 5.02 Å². The molecule has 1 aromatic rings. The van der Waals surface area contributed by atoms with Crippen LogP contribution in [0.4, 0.5) is 0 Å². The van der Waals surface area contributed by atoms with Gasteiger partial charge in [0, 0.05) is 17.0 Å². The van der Waals surface area contributed by atoms with Gasteiger partial charge >= 0.3 is 0 Å². The van der Waals surface area contributed by atoms with Crippen molar-refractivity contribution >= 4 is 17.5 Å². The number of nitrogens with one attached hydrogen (secondary N) is 1. The molecule has 0 radical (unpaired) electrons. The van der Waals surface area contributed by atoms with Crippen molar-refractivity contribution in [3.8, 4) is 0 Å². The lowest BCUT2D eigenvalue weighted by atomic mass is 9.99. The fourth-order valence-corrected chi connectivity index (χ4v) is 1.71. The molecule has 1 rings (SSSR count). The smallest absolute Gasteiger partial charge is 0.220 e. The molecule has 0 spiro atoms. The minimum Gasteiger partial charge on any atom is -0.350 e. The monoisotopic (exact) mass is 268 g/mol. The summed E-state index contributed by atoms with van der Waals surface area (Å²) in [7, 11) is 0. The van der Waals surface area contributed by atoms with E-state index in [1.165, 1.54) is 0 Å². The summed E-state index contributed by atoms with van der Waals surface area (Å²) in [5, 5.41) is 3.65. The molecule has 1 amide bonds. The second kappa shape index (κ2) is 6.21. The third-order valence-corrected chi connectivity index (χ3v) is 3.00. The first-order valence-electron chi connectivity index (χ1n) is 6.11. The fraction of sp³-hybridized carbons (Fsp3) is 0.500. The number of benzene rings is 1. The third kappa shape index (κ3) is 5.52. The maximum Gasteiger partial charge on any atom is 0.220 e. The molecule has 0 saturated carbocycles. The summed E-state index contributed by atoms with van der Waals surface area (Å²) in [5.74, 6) is 0.0241. The molecule has 3 N–H and O–H groups in total. The van der Waals surface area contributed by atoms with Gasteiger partial charge in [-0.25, -0.2) is 0 Å². The van der Waals surface area contributed by atoms with Gasteiger partial charge in [0.2, 0.25) is 5.91 Å². The number of hydrogen-bond donors (Lipinski definition) is 2. The number of nitrogens with two attached hydrogens (primary N) is 1. The van der Waals surface area contributed by atoms with Crippen molar-refractivity contribution in [3.63, 3.8) is 0 Å². The standard InChI is InChI=1S/C14H21ClN2O/c1-10(11-4-6-12(15)7-5-11)17-13(18)8-9-14(2,3)16/h4-7,10H,8-9,16H2,1-3H3,(H,17,18)/t10-/m0/s1. The van der Waals surface area contributed by atoms with Crippen LogP contribution >= 0.6 is 11.6 Å². The molecule has 100 valence electrons. The van der Waals surface area contributed by atoms with Crippen molar-refractivity contribution in [1.29, 1.82) is 0 Å². The first kappa shape index (κ1) is 15.0. The summed E-state index contributed by atoms with van der Waals surface area (Å²) in [6.45, 7) is 5.79. The summed E-state index contributed by atoms with van der Waals surface area (Å²) in [6.07, 6.45) is 1.12. The normalized spacial score (nSPS) is 13.2. The fourth-order valence-electron chi connectivity index (χ4n) is 1.58. The highest BCUT2D eigenvalue weighted by molar-refractivity contribution is 6.30. The molecule has 0 heterocycles.